The number of piperidine rings is 1. The Labute approximate surface area is 203 Å². The predicted molar refractivity (Wildman–Crippen MR) is 134 cm³/mol. The molecule has 0 unspecified atom stereocenters. The molecule has 5 heterocycles. The fourth-order valence-corrected chi connectivity index (χ4v) is 5.85. The van der Waals surface area contributed by atoms with Crippen molar-refractivity contribution in [2.24, 2.45) is 5.92 Å². The highest BCUT2D eigenvalue weighted by Gasteiger charge is 2.27. The SMILES string of the molecule is COc1cc(-c2cc3[nH]c(=O)n([C@@H]4CCCN(CC5CCOCC5)C4)c3cc2C)cn2ncnc12. The molecule has 2 fully saturated rings. The number of hydrogen-bond donors (Lipinski definition) is 1. The molecule has 35 heavy (non-hydrogen) atoms. The Morgan fingerprint density at radius 1 is 1.20 bits per heavy atom. The zero-order chi connectivity index (χ0) is 23.9. The number of H-pyrrole nitrogens is 1. The maximum Gasteiger partial charge on any atom is 0.326 e. The predicted octanol–water partition coefficient (Wildman–Crippen LogP) is 3.42. The molecule has 0 radical (unpaired) electrons. The molecule has 0 spiro atoms. The van der Waals surface area contributed by atoms with Gasteiger partial charge in [0.25, 0.3) is 0 Å². The van der Waals surface area contributed by atoms with E-state index in [1.807, 2.05) is 16.8 Å². The second-order valence-corrected chi connectivity index (χ2v) is 9.92. The topological polar surface area (TPSA) is 89.7 Å². The van der Waals surface area contributed by atoms with Gasteiger partial charge < -0.3 is 19.4 Å². The zero-order valence-electron chi connectivity index (χ0n) is 20.4. The minimum atomic E-state index is -0.0289. The largest absolute Gasteiger partial charge is 0.493 e. The monoisotopic (exact) mass is 476 g/mol. The Balaban J connectivity index is 1.33. The molecule has 0 saturated carbocycles. The zero-order valence-corrected chi connectivity index (χ0v) is 20.4. The third-order valence-electron chi connectivity index (χ3n) is 7.64. The van der Waals surface area contributed by atoms with Crippen LogP contribution >= 0.6 is 0 Å². The molecule has 2 saturated heterocycles. The lowest BCUT2D eigenvalue weighted by Gasteiger charge is -2.36. The van der Waals surface area contributed by atoms with Crippen molar-refractivity contribution in [1.82, 2.24) is 29.0 Å². The number of nitrogens with zero attached hydrogens (tertiary/aromatic N) is 5. The number of hydrogen-bond acceptors (Lipinski definition) is 6. The molecular weight excluding hydrogens is 444 g/mol. The Morgan fingerprint density at radius 3 is 2.89 bits per heavy atom. The van der Waals surface area contributed by atoms with Crippen LogP contribution in [0.2, 0.25) is 0 Å². The lowest BCUT2D eigenvalue weighted by atomic mass is 9.97. The lowest BCUT2D eigenvalue weighted by Crippen LogP contribution is -2.42. The van der Waals surface area contributed by atoms with E-state index in [1.165, 1.54) is 6.33 Å². The molecule has 1 N–H and O–H groups in total. The fraction of sp³-hybridized carbons (Fsp3) is 0.500. The van der Waals surface area contributed by atoms with Crippen molar-refractivity contribution in [3.63, 3.8) is 0 Å². The molecule has 4 aromatic rings. The number of nitrogens with one attached hydrogen (secondary N) is 1. The summed E-state index contributed by atoms with van der Waals surface area (Å²) >= 11 is 0. The van der Waals surface area contributed by atoms with E-state index in [0.29, 0.717) is 17.3 Å². The van der Waals surface area contributed by atoms with Crippen molar-refractivity contribution in [2.45, 2.75) is 38.6 Å². The highest BCUT2D eigenvalue weighted by Crippen LogP contribution is 2.33. The molecule has 0 amide bonds. The first kappa shape index (κ1) is 22.3. The van der Waals surface area contributed by atoms with Gasteiger partial charge in [0.15, 0.2) is 11.4 Å². The van der Waals surface area contributed by atoms with Gasteiger partial charge >= 0.3 is 5.69 Å². The molecule has 184 valence electrons. The third-order valence-corrected chi connectivity index (χ3v) is 7.64. The van der Waals surface area contributed by atoms with E-state index in [-0.39, 0.29) is 11.7 Å². The molecule has 0 bridgehead atoms. The smallest absolute Gasteiger partial charge is 0.326 e. The number of imidazole rings is 1. The second kappa shape index (κ2) is 9.13. The normalized spacial score (nSPS) is 20.1. The highest BCUT2D eigenvalue weighted by atomic mass is 16.5. The molecule has 1 atom stereocenters. The lowest BCUT2D eigenvalue weighted by molar-refractivity contribution is 0.0459. The maximum atomic E-state index is 13.2. The number of methoxy groups -OCH3 is 1. The van der Waals surface area contributed by atoms with Gasteiger partial charge in [-0.25, -0.2) is 14.3 Å². The van der Waals surface area contributed by atoms with E-state index in [9.17, 15) is 4.79 Å². The molecular formula is C26H32N6O3. The fourth-order valence-electron chi connectivity index (χ4n) is 5.85. The van der Waals surface area contributed by atoms with E-state index in [0.717, 1.165) is 86.3 Å². The van der Waals surface area contributed by atoms with Gasteiger partial charge in [-0.05, 0) is 74.4 Å². The number of aryl methyl sites for hydroxylation is 1. The number of rotatable bonds is 5. The first-order valence-electron chi connectivity index (χ1n) is 12.5. The van der Waals surface area contributed by atoms with E-state index in [4.69, 9.17) is 9.47 Å². The van der Waals surface area contributed by atoms with Crippen molar-refractivity contribution >= 4 is 16.7 Å². The van der Waals surface area contributed by atoms with Crippen LogP contribution < -0.4 is 10.4 Å². The number of aromatic amines is 1. The number of pyridine rings is 1. The van der Waals surface area contributed by atoms with E-state index in [2.05, 4.69) is 39.0 Å². The molecule has 1 aromatic carbocycles. The van der Waals surface area contributed by atoms with Crippen molar-refractivity contribution in [3.05, 3.63) is 46.8 Å². The van der Waals surface area contributed by atoms with Crippen LogP contribution in [-0.2, 0) is 4.74 Å². The van der Waals surface area contributed by atoms with Gasteiger partial charge in [-0.1, -0.05) is 0 Å². The molecule has 0 aliphatic carbocycles. The van der Waals surface area contributed by atoms with Crippen molar-refractivity contribution in [1.29, 1.82) is 0 Å². The summed E-state index contributed by atoms with van der Waals surface area (Å²) in [5.41, 5.74) is 5.58. The number of aromatic nitrogens is 5. The Hall–Kier alpha value is -3.17. The number of likely N-dealkylation sites (tertiary alicyclic amines) is 1. The average molecular weight is 477 g/mol. The number of fused-ring (bicyclic) bond motifs is 2. The minimum absolute atomic E-state index is 0.0289. The summed E-state index contributed by atoms with van der Waals surface area (Å²) in [5, 5.41) is 4.29. The summed E-state index contributed by atoms with van der Waals surface area (Å²) < 4.78 is 14.8. The van der Waals surface area contributed by atoms with E-state index < -0.39 is 0 Å². The standard InChI is InChI=1S/C26H32N6O3/c1-17-10-23-22(12-21(17)19-11-24(34-2)25-27-16-28-31(25)14-19)29-26(33)32(23)20-4-3-7-30(15-20)13-18-5-8-35-9-6-18/h10-12,14,16,18,20H,3-9,13,15H2,1-2H3,(H,29,33)/t20-/m1/s1. The van der Waals surface area contributed by atoms with E-state index >= 15 is 0 Å². The summed E-state index contributed by atoms with van der Waals surface area (Å²) in [4.78, 5) is 23.1. The molecule has 9 nitrogen and oxygen atoms in total. The van der Waals surface area contributed by atoms with Gasteiger partial charge in [-0.2, -0.15) is 5.10 Å². The molecule has 3 aromatic heterocycles. The van der Waals surface area contributed by atoms with Crippen molar-refractivity contribution in [3.8, 4) is 16.9 Å². The number of ether oxygens (including phenoxy) is 2. The first-order chi connectivity index (χ1) is 17.1. The summed E-state index contributed by atoms with van der Waals surface area (Å²) in [6, 6.07) is 6.37. The Morgan fingerprint density at radius 2 is 2.06 bits per heavy atom. The van der Waals surface area contributed by atoms with Gasteiger partial charge in [0.05, 0.1) is 24.2 Å². The van der Waals surface area contributed by atoms with Crippen LogP contribution in [0.3, 0.4) is 0 Å². The summed E-state index contributed by atoms with van der Waals surface area (Å²) in [5.74, 6) is 1.36. The Kier molecular flexibility index (Phi) is 5.82. The van der Waals surface area contributed by atoms with E-state index in [1.54, 1.807) is 11.6 Å². The number of benzene rings is 1. The highest BCUT2D eigenvalue weighted by molar-refractivity contribution is 5.85. The van der Waals surface area contributed by atoms with Crippen LogP contribution in [0.15, 0.2) is 35.5 Å². The van der Waals surface area contributed by atoms with Crippen LogP contribution in [0.1, 0.15) is 37.3 Å². The van der Waals surface area contributed by atoms with Crippen LogP contribution in [0.4, 0.5) is 0 Å². The molecule has 6 rings (SSSR count). The quantitative estimate of drug-likeness (QED) is 0.475. The van der Waals surface area contributed by atoms with Crippen LogP contribution in [0, 0.1) is 12.8 Å². The van der Waals surface area contributed by atoms with Gasteiger partial charge in [-0.3, -0.25) is 4.57 Å². The molecule has 9 heteroatoms. The van der Waals surface area contributed by atoms with Crippen LogP contribution in [-0.4, -0.2) is 69.0 Å². The van der Waals surface area contributed by atoms with Crippen LogP contribution in [0.25, 0.3) is 27.8 Å². The second-order valence-electron chi connectivity index (χ2n) is 9.92. The van der Waals surface area contributed by atoms with Crippen LogP contribution in [0.5, 0.6) is 5.75 Å². The van der Waals surface area contributed by atoms with Gasteiger partial charge in [0.2, 0.25) is 0 Å². The maximum absolute atomic E-state index is 13.2. The van der Waals surface area contributed by atoms with Gasteiger partial charge in [-0.15, -0.1) is 0 Å². The van der Waals surface area contributed by atoms with Gasteiger partial charge in [0, 0.05) is 38.1 Å². The molecule has 2 aliphatic heterocycles. The minimum Gasteiger partial charge on any atom is -0.493 e. The molecule has 2 aliphatic rings. The average Bonchev–Trinajstić information content (AvgIpc) is 3.47. The Bertz CT molecular complexity index is 1410. The van der Waals surface area contributed by atoms with Crippen molar-refractivity contribution < 1.29 is 9.47 Å². The first-order valence-corrected chi connectivity index (χ1v) is 12.5. The summed E-state index contributed by atoms with van der Waals surface area (Å²) in [6.07, 6.45) is 7.89. The third kappa shape index (κ3) is 4.12. The summed E-state index contributed by atoms with van der Waals surface area (Å²) in [7, 11) is 1.64. The van der Waals surface area contributed by atoms with Gasteiger partial charge in [0.1, 0.15) is 6.33 Å². The summed E-state index contributed by atoms with van der Waals surface area (Å²) in [6.45, 7) is 6.98. The van der Waals surface area contributed by atoms with Crippen molar-refractivity contribution in [2.75, 3.05) is 40.0 Å².